The highest BCUT2D eigenvalue weighted by atomic mass is 16.5. The lowest BCUT2D eigenvalue weighted by atomic mass is 9.99. The van der Waals surface area contributed by atoms with E-state index in [0.29, 0.717) is 25.3 Å². The van der Waals surface area contributed by atoms with E-state index in [4.69, 9.17) is 4.74 Å². The molecular formula is C21H24N4O3. The van der Waals surface area contributed by atoms with Gasteiger partial charge in [0.2, 0.25) is 5.91 Å². The first-order valence-electron chi connectivity index (χ1n) is 9.67. The molecule has 0 radical (unpaired) electrons. The van der Waals surface area contributed by atoms with E-state index in [9.17, 15) is 9.59 Å². The summed E-state index contributed by atoms with van der Waals surface area (Å²) in [6, 6.07) is 13.3. The van der Waals surface area contributed by atoms with Crippen LogP contribution in [0.3, 0.4) is 0 Å². The molecule has 146 valence electrons. The third kappa shape index (κ3) is 4.31. The van der Waals surface area contributed by atoms with Crippen LogP contribution in [0.1, 0.15) is 30.7 Å². The van der Waals surface area contributed by atoms with Gasteiger partial charge in [-0.1, -0.05) is 30.3 Å². The summed E-state index contributed by atoms with van der Waals surface area (Å²) in [7, 11) is 0. The zero-order chi connectivity index (χ0) is 19.3. The van der Waals surface area contributed by atoms with E-state index in [-0.39, 0.29) is 24.0 Å². The number of ether oxygens (including phenoxy) is 1. The predicted octanol–water partition coefficient (Wildman–Crippen LogP) is 2.90. The summed E-state index contributed by atoms with van der Waals surface area (Å²) in [5.74, 6) is 0.667. The fourth-order valence-corrected chi connectivity index (χ4v) is 3.73. The summed E-state index contributed by atoms with van der Waals surface area (Å²) < 4.78 is 5.50. The minimum atomic E-state index is -0.324. The van der Waals surface area contributed by atoms with E-state index in [2.05, 4.69) is 27.8 Å². The molecule has 7 nitrogen and oxygen atoms in total. The number of nitrogens with one attached hydrogen (secondary N) is 2. The maximum absolute atomic E-state index is 12.5. The zero-order valence-electron chi connectivity index (χ0n) is 15.6. The molecule has 7 heteroatoms. The molecule has 1 aromatic heterocycles. The van der Waals surface area contributed by atoms with Crippen molar-refractivity contribution in [3.63, 3.8) is 0 Å². The Morgan fingerprint density at radius 1 is 1.25 bits per heavy atom. The Morgan fingerprint density at radius 2 is 2.11 bits per heavy atom. The summed E-state index contributed by atoms with van der Waals surface area (Å²) >= 11 is 0. The number of pyridine rings is 1. The summed E-state index contributed by atoms with van der Waals surface area (Å²) in [6.45, 7) is 1.86. The van der Waals surface area contributed by atoms with E-state index < -0.39 is 0 Å². The molecule has 2 atom stereocenters. The first kappa shape index (κ1) is 18.4. The van der Waals surface area contributed by atoms with Crippen LogP contribution < -0.4 is 15.5 Å². The van der Waals surface area contributed by atoms with Crippen LogP contribution in [-0.2, 0) is 9.53 Å². The second-order valence-electron chi connectivity index (χ2n) is 7.19. The van der Waals surface area contributed by atoms with Crippen molar-refractivity contribution in [3.05, 3.63) is 54.2 Å². The molecule has 2 N–H and O–H groups in total. The Morgan fingerprint density at radius 3 is 2.89 bits per heavy atom. The van der Waals surface area contributed by atoms with Crippen LogP contribution in [0.5, 0.6) is 0 Å². The molecule has 3 heterocycles. The third-order valence-electron chi connectivity index (χ3n) is 5.21. The lowest BCUT2D eigenvalue weighted by Crippen LogP contribution is -2.35. The number of rotatable bonds is 5. The number of carbonyl (C=O) groups is 2. The van der Waals surface area contributed by atoms with Gasteiger partial charge >= 0.3 is 6.03 Å². The third-order valence-corrected chi connectivity index (χ3v) is 5.21. The quantitative estimate of drug-likeness (QED) is 0.835. The minimum absolute atomic E-state index is 0.0776. The Hall–Kier alpha value is -2.93. The van der Waals surface area contributed by atoms with Gasteiger partial charge in [0.1, 0.15) is 5.82 Å². The number of hydrogen-bond donors (Lipinski definition) is 2. The molecule has 2 aliphatic rings. The topological polar surface area (TPSA) is 83.6 Å². The number of nitrogens with zero attached hydrogens (tertiary/aromatic N) is 2. The van der Waals surface area contributed by atoms with Gasteiger partial charge in [0.15, 0.2) is 0 Å². The second kappa shape index (κ2) is 8.39. The molecule has 4 rings (SSSR count). The van der Waals surface area contributed by atoms with Crippen LogP contribution in [-0.4, -0.2) is 42.7 Å². The molecule has 2 saturated heterocycles. The highest BCUT2D eigenvalue weighted by molar-refractivity contribution is 5.97. The van der Waals surface area contributed by atoms with Crippen molar-refractivity contribution in [2.75, 3.05) is 29.9 Å². The predicted molar refractivity (Wildman–Crippen MR) is 106 cm³/mol. The Kier molecular flexibility index (Phi) is 5.53. The smallest absolute Gasteiger partial charge is 0.320 e. The van der Waals surface area contributed by atoms with Crippen molar-refractivity contribution in [2.45, 2.75) is 31.3 Å². The highest BCUT2D eigenvalue weighted by Crippen LogP contribution is 2.32. The standard InChI is InChI=1S/C21H24N4O3/c26-20-11-16(15-5-2-1-3-6-15)14-25(20)17-8-9-22-19(12-17)24-21(27)23-13-18-7-4-10-28-18/h1-3,5-6,8-9,12,16,18H,4,7,10-11,13-14H2,(H2,22,23,24,27)/t16-,18-/m0/s1. The molecule has 0 spiro atoms. The minimum Gasteiger partial charge on any atom is -0.376 e. The van der Waals surface area contributed by atoms with E-state index in [1.807, 2.05) is 18.2 Å². The maximum Gasteiger partial charge on any atom is 0.320 e. The van der Waals surface area contributed by atoms with Crippen LogP contribution in [0.2, 0.25) is 0 Å². The van der Waals surface area contributed by atoms with Gasteiger partial charge in [0, 0.05) is 50.0 Å². The van der Waals surface area contributed by atoms with E-state index in [1.54, 1.807) is 23.2 Å². The van der Waals surface area contributed by atoms with Crippen LogP contribution in [0.15, 0.2) is 48.7 Å². The monoisotopic (exact) mass is 380 g/mol. The van der Waals surface area contributed by atoms with Gasteiger partial charge in [0.05, 0.1) is 6.10 Å². The van der Waals surface area contributed by atoms with Crippen LogP contribution >= 0.6 is 0 Å². The number of benzene rings is 1. The van der Waals surface area contributed by atoms with E-state index in [1.165, 1.54) is 5.56 Å². The van der Waals surface area contributed by atoms with Crippen LogP contribution in [0, 0.1) is 0 Å². The van der Waals surface area contributed by atoms with Crippen molar-refractivity contribution in [2.24, 2.45) is 0 Å². The number of anilines is 2. The fraction of sp³-hybridized carbons (Fsp3) is 0.381. The van der Waals surface area contributed by atoms with E-state index >= 15 is 0 Å². The SMILES string of the molecule is O=C(NC[C@@H]1CCCO1)Nc1cc(N2C[C@@H](c3ccccc3)CC2=O)ccn1. The first-order valence-corrected chi connectivity index (χ1v) is 9.67. The van der Waals surface area contributed by atoms with Crippen LogP contribution in [0.4, 0.5) is 16.3 Å². The number of hydrogen-bond acceptors (Lipinski definition) is 4. The number of urea groups is 1. The molecule has 2 aromatic rings. The molecule has 3 amide bonds. The summed E-state index contributed by atoms with van der Waals surface area (Å²) in [5, 5.41) is 5.54. The Bertz CT molecular complexity index is 837. The largest absolute Gasteiger partial charge is 0.376 e. The molecule has 2 aliphatic heterocycles. The zero-order valence-corrected chi connectivity index (χ0v) is 15.6. The van der Waals surface area contributed by atoms with Crippen molar-refractivity contribution >= 4 is 23.4 Å². The molecule has 0 aliphatic carbocycles. The van der Waals surface area contributed by atoms with Gasteiger partial charge in [-0.05, 0) is 24.5 Å². The maximum atomic E-state index is 12.5. The average Bonchev–Trinajstić information content (AvgIpc) is 3.37. The first-order chi connectivity index (χ1) is 13.7. The number of aromatic nitrogens is 1. The van der Waals surface area contributed by atoms with Crippen LogP contribution in [0.25, 0.3) is 0 Å². The number of amides is 3. The molecule has 0 bridgehead atoms. The van der Waals surface area contributed by atoms with E-state index in [0.717, 1.165) is 25.1 Å². The highest BCUT2D eigenvalue weighted by Gasteiger charge is 2.31. The molecular weight excluding hydrogens is 356 g/mol. The summed E-state index contributed by atoms with van der Waals surface area (Å²) in [6.07, 6.45) is 4.17. The summed E-state index contributed by atoms with van der Waals surface area (Å²) in [4.78, 5) is 30.6. The lowest BCUT2D eigenvalue weighted by molar-refractivity contribution is -0.117. The average molecular weight is 380 g/mol. The van der Waals surface area contributed by atoms with Gasteiger partial charge in [-0.25, -0.2) is 9.78 Å². The fourth-order valence-electron chi connectivity index (χ4n) is 3.73. The molecule has 0 saturated carbocycles. The Balaban J connectivity index is 1.38. The summed E-state index contributed by atoms with van der Waals surface area (Å²) in [5.41, 5.74) is 1.91. The second-order valence-corrected chi connectivity index (χ2v) is 7.19. The molecule has 0 unspecified atom stereocenters. The van der Waals surface area contributed by atoms with Gasteiger partial charge in [0.25, 0.3) is 0 Å². The normalized spacial score (nSPS) is 21.7. The molecule has 28 heavy (non-hydrogen) atoms. The number of carbonyl (C=O) groups excluding carboxylic acids is 2. The van der Waals surface area contributed by atoms with Gasteiger partial charge in [-0.2, -0.15) is 0 Å². The van der Waals surface area contributed by atoms with Crippen molar-refractivity contribution < 1.29 is 14.3 Å². The van der Waals surface area contributed by atoms with Gasteiger partial charge < -0.3 is 15.0 Å². The van der Waals surface area contributed by atoms with Gasteiger partial charge in [-0.15, -0.1) is 0 Å². The molecule has 1 aromatic carbocycles. The van der Waals surface area contributed by atoms with Crippen molar-refractivity contribution in [1.82, 2.24) is 10.3 Å². The molecule has 2 fully saturated rings. The Labute approximate surface area is 164 Å². The van der Waals surface area contributed by atoms with Gasteiger partial charge in [-0.3, -0.25) is 10.1 Å². The van der Waals surface area contributed by atoms with Crippen molar-refractivity contribution in [1.29, 1.82) is 0 Å². The lowest BCUT2D eigenvalue weighted by Gasteiger charge is -2.18. The van der Waals surface area contributed by atoms with Crippen molar-refractivity contribution in [3.8, 4) is 0 Å².